The lowest BCUT2D eigenvalue weighted by Gasteiger charge is -2.29. The van der Waals surface area contributed by atoms with E-state index in [1.165, 1.54) is 43.4 Å². The average molecular weight is 763 g/mol. The number of carbonyl (C=O) groups is 2. The maximum atomic E-state index is 14.4. The molecule has 0 saturated carbocycles. The SMILES string of the molecule is CNC(=O)c1ccc(C(=O)Nc2ccc(Oc3c(C)cc(C(C)(C)c4cc(C)c(Oc5ccc(C)cc5C(F)(F)F)c(C)c4)cc3C)c(C(F)(F)F)c2)cc1. The number of hydrogen-bond acceptors (Lipinski definition) is 4. The molecule has 0 atom stereocenters. The molecule has 5 aromatic rings. The lowest BCUT2D eigenvalue weighted by atomic mass is 9.76. The second-order valence-corrected chi connectivity index (χ2v) is 14.0. The van der Waals surface area contributed by atoms with Crippen molar-refractivity contribution in [1.29, 1.82) is 0 Å². The topological polar surface area (TPSA) is 76.7 Å². The van der Waals surface area contributed by atoms with Crippen LogP contribution in [-0.4, -0.2) is 18.9 Å². The molecule has 5 rings (SSSR count). The summed E-state index contributed by atoms with van der Waals surface area (Å²) in [4.78, 5) is 24.6. The summed E-state index contributed by atoms with van der Waals surface area (Å²) in [6.07, 6.45) is -9.43. The Morgan fingerprint density at radius 1 is 0.545 bits per heavy atom. The lowest BCUT2D eigenvalue weighted by molar-refractivity contribution is -0.139. The van der Waals surface area contributed by atoms with Gasteiger partial charge in [0.1, 0.15) is 28.6 Å². The predicted octanol–water partition coefficient (Wildman–Crippen LogP) is 11.8. The molecule has 2 amide bonds. The Morgan fingerprint density at radius 2 is 0.945 bits per heavy atom. The Kier molecular flexibility index (Phi) is 11.1. The summed E-state index contributed by atoms with van der Waals surface area (Å²) in [6.45, 7) is 12.5. The lowest BCUT2D eigenvalue weighted by Crippen LogP contribution is -2.20. The van der Waals surface area contributed by atoms with E-state index in [0.29, 0.717) is 39.1 Å². The fourth-order valence-electron chi connectivity index (χ4n) is 6.32. The van der Waals surface area contributed by atoms with Crippen LogP contribution in [0, 0.1) is 34.6 Å². The fraction of sp³-hybridized carbons (Fsp3) is 0.256. The number of ether oxygens (including phenoxy) is 2. The number of carbonyl (C=O) groups excluding carboxylic acids is 2. The van der Waals surface area contributed by atoms with Gasteiger partial charge in [0.05, 0.1) is 5.56 Å². The number of alkyl halides is 6. The Balaban J connectivity index is 1.40. The zero-order chi connectivity index (χ0) is 40.6. The highest BCUT2D eigenvalue weighted by atomic mass is 19.4. The minimum absolute atomic E-state index is 0.104. The Hall–Kier alpha value is -5.78. The second kappa shape index (κ2) is 15.2. The number of rotatable bonds is 9. The van der Waals surface area contributed by atoms with E-state index in [9.17, 15) is 35.9 Å². The summed E-state index contributed by atoms with van der Waals surface area (Å²) in [5.41, 5.74) is 2.29. The van der Waals surface area contributed by atoms with Crippen LogP contribution >= 0.6 is 0 Å². The zero-order valence-corrected chi connectivity index (χ0v) is 31.5. The first-order valence-electron chi connectivity index (χ1n) is 17.2. The molecule has 0 saturated heterocycles. The molecule has 0 aliphatic rings. The van der Waals surface area contributed by atoms with Gasteiger partial charge in [0.2, 0.25) is 0 Å². The maximum absolute atomic E-state index is 14.4. The number of nitrogens with one attached hydrogen (secondary N) is 2. The van der Waals surface area contributed by atoms with Crippen molar-refractivity contribution in [1.82, 2.24) is 5.32 Å². The number of hydrogen-bond donors (Lipinski definition) is 2. The van der Waals surface area contributed by atoms with Crippen LogP contribution in [0.15, 0.2) is 84.9 Å². The van der Waals surface area contributed by atoms with Gasteiger partial charge in [-0.3, -0.25) is 9.59 Å². The Morgan fingerprint density at radius 3 is 1.36 bits per heavy atom. The predicted molar refractivity (Wildman–Crippen MR) is 200 cm³/mol. The molecule has 2 N–H and O–H groups in total. The van der Waals surface area contributed by atoms with Crippen LogP contribution in [0.1, 0.15) is 84.6 Å². The highest BCUT2D eigenvalue weighted by Crippen LogP contribution is 2.45. The van der Waals surface area contributed by atoms with E-state index < -0.39 is 40.6 Å². The maximum Gasteiger partial charge on any atom is 0.420 e. The van der Waals surface area contributed by atoms with Crippen molar-refractivity contribution in [2.75, 3.05) is 12.4 Å². The van der Waals surface area contributed by atoms with Gasteiger partial charge >= 0.3 is 12.4 Å². The zero-order valence-electron chi connectivity index (χ0n) is 31.5. The summed E-state index contributed by atoms with van der Waals surface area (Å²) in [6, 6.07) is 20.2. The van der Waals surface area contributed by atoms with Crippen LogP contribution < -0.4 is 20.1 Å². The average Bonchev–Trinajstić information content (AvgIpc) is 3.10. The quantitative estimate of drug-likeness (QED) is 0.147. The molecule has 6 nitrogen and oxygen atoms in total. The molecular formula is C43H40F6N2O4. The fourth-order valence-corrected chi connectivity index (χ4v) is 6.32. The van der Waals surface area contributed by atoms with Gasteiger partial charge in [0, 0.05) is 29.3 Å². The van der Waals surface area contributed by atoms with E-state index in [-0.39, 0.29) is 28.7 Å². The van der Waals surface area contributed by atoms with Gasteiger partial charge in [-0.05, 0) is 123 Å². The highest BCUT2D eigenvalue weighted by molar-refractivity contribution is 6.05. The van der Waals surface area contributed by atoms with Crippen LogP contribution in [0.3, 0.4) is 0 Å². The number of amides is 2. The number of halogens is 6. The molecule has 0 aliphatic carbocycles. The third kappa shape index (κ3) is 8.80. The van der Waals surface area contributed by atoms with Gasteiger partial charge in [-0.2, -0.15) is 26.3 Å². The molecule has 55 heavy (non-hydrogen) atoms. The van der Waals surface area contributed by atoms with Crippen LogP contribution in [-0.2, 0) is 17.8 Å². The molecule has 0 spiro atoms. The highest BCUT2D eigenvalue weighted by Gasteiger charge is 2.37. The summed E-state index contributed by atoms with van der Waals surface area (Å²) in [5, 5.41) is 4.94. The van der Waals surface area contributed by atoms with Gasteiger partial charge < -0.3 is 20.1 Å². The summed E-state index contributed by atoms with van der Waals surface area (Å²) < 4.78 is 96.4. The standard InChI is InChI=1S/C43H40F6N2O4/c1-23-9-15-35(33(17-23)42(44,45)46)54-37-24(2)18-30(19-25(37)3)41(6,7)31-20-26(4)38(27(5)21-31)55-36-16-14-32(22-34(36)43(47,48)49)51-40(53)29-12-10-28(11-13-29)39(52)50-8/h9-22H,1-8H3,(H,50,52)(H,51,53). The van der Waals surface area contributed by atoms with E-state index >= 15 is 0 Å². The van der Waals surface area contributed by atoms with Gasteiger partial charge in [-0.15, -0.1) is 0 Å². The van der Waals surface area contributed by atoms with Gasteiger partial charge in [0.25, 0.3) is 11.8 Å². The number of aryl methyl sites for hydroxylation is 5. The van der Waals surface area contributed by atoms with Crippen molar-refractivity contribution in [2.24, 2.45) is 0 Å². The first kappa shape index (κ1) is 40.4. The van der Waals surface area contributed by atoms with Crippen molar-refractivity contribution >= 4 is 17.5 Å². The van der Waals surface area contributed by atoms with E-state index in [4.69, 9.17) is 9.47 Å². The molecule has 0 radical (unpaired) electrons. The minimum Gasteiger partial charge on any atom is -0.456 e. The molecule has 0 fully saturated rings. The van der Waals surface area contributed by atoms with Crippen molar-refractivity contribution in [3.05, 3.63) is 146 Å². The molecule has 0 aromatic heterocycles. The Labute approximate surface area is 315 Å². The summed E-state index contributed by atoms with van der Waals surface area (Å²) >= 11 is 0. The van der Waals surface area contributed by atoms with Crippen LogP contribution in [0.2, 0.25) is 0 Å². The first-order valence-corrected chi connectivity index (χ1v) is 17.2. The van der Waals surface area contributed by atoms with Crippen LogP contribution in [0.25, 0.3) is 0 Å². The van der Waals surface area contributed by atoms with Gasteiger partial charge in [-0.25, -0.2) is 0 Å². The van der Waals surface area contributed by atoms with E-state index in [2.05, 4.69) is 10.6 Å². The molecular weight excluding hydrogens is 722 g/mol. The van der Waals surface area contributed by atoms with Crippen molar-refractivity contribution in [3.8, 4) is 23.0 Å². The third-order valence-corrected chi connectivity index (χ3v) is 9.41. The smallest absolute Gasteiger partial charge is 0.420 e. The van der Waals surface area contributed by atoms with E-state index in [1.54, 1.807) is 40.7 Å². The largest absolute Gasteiger partial charge is 0.456 e. The van der Waals surface area contributed by atoms with Crippen molar-refractivity contribution in [3.63, 3.8) is 0 Å². The van der Waals surface area contributed by atoms with Crippen LogP contribution in [0.5, 0.6) is 23.0 Å². The molecule has 0 aliphatic heterocycles. The minimum atomic E-state index is -4.83. The number of anilines is 1. The molecule has 5 aromatic carbocycles. The molecule has 0 bridgehead atoms. The summed E-state index contributed by atoms with van der Waals surface area (Å²) in [5.74, 6) is -1.22. The van der Waals surface area contributed by atoms with E-state index in [0.717, 1.165) is 29.3 Å². The number of benzene rings is 5. The van der Waals surface area contributed by atoms with E-state index in [1.807, 2.05) is 38.1 Å². The Bertz CT molecular complexity index is 2230. The normalized spacial score (nSPS) is 12.0. The molecule has 0 heterocycles. The second-order valence-electron chi connectivity index (χ2n) is 14.0. The molecule has 288 valence electrons. The first-order chi connectivity index (χ1) is 25.6. The molecule has 12 heteroatoms. The van der Waals surface area contributed by atoms with Gasteiger partial charge in [0.15, 0.2) is 0 Å². The van der Waals surface area contributed by atoms with Crippen LogP contribution in [0.4, 0.5) is 32.0 Å². The monoisotopic (exact) mass is 762 g/mol. The molecule has 0 unspecified atom stereocenters. The van der Waals surface area contributed by atoms with Crippen molar-refractivity contribution < 1.29 is 45.4 Å². The summed E-state index contributed by atoms with van der Waals surface area (Å²) in [7, 11) is 1.46. The third-order valence-electron chi connectivity index (χ3n) is 9.41. The van der Waals surface area contributed by atoms with Gasteiger partial charge in [-0.1, -0.05) is 49.7 Å². The van der Waals surface area contributed by atoms with Crippen molar-refractivity contribution in [2.45, 2.75) is 66.2 Å².